The minimum Gasteiger partial charge on any atom is -0.377 e. The van der Waals surface area contributed by atoms with Crippen LogP contribution in [-0.2, 0) is 4.74 Å². The number of nitro groups is 1. The van der Waals surface area contributed by atoms with Crippen LogP contribution in [0.1, 0.15) is 6.92 Å². The number of morpholine rings is 1. The van der Waals surface area contributed by atoms with Crippen molar-refractivity contribution in [2.24, 2.45) is 0 Å². The average molecular weight is 349 g/mol. The highest BCUT2D eigenvalue weighted by atomic mass is 35.5. The van der Waals surface area contributed by atoms with Crippen LogP contribution in [0.2, 0.25) is 5.02 Å². The van der Waals surface area contributed by atoms with Crippen LogP contribution in [0.3, 0.4) is 0 Å². The summed E-state index contributed by atoms with van der Waals surface area (Å²) in [6, 6.07) is 9.50. The third kappa shape index (κ3) is 3.58. The molecule has 0 saturated carbocycles. The Bertz CT molecular complexity index is 739. The fourth-order valence-corrected chi connectivity index (χ4v) is 2.81. The average Bonchev–Trinajstić information content (AvgIpc) is 2.58. The van der Waals surface area contributed by atoms with Crippen LogP contribution in [0.5, 0.6) is 0 Å². The van der Waals surface area contributed by atoms with Crippen molar-refractivity contribution in [2.75, 3.05) is 30.0 Å². The van der Waals surface area contributed by atoms with Crippen LogP contribution in [0, 0.1) is 10.1 Å². The van der Waals surface area contributed by atoms with E-state index in [9.17, 15) is 10.1 Å². The molecule has 7 nitrogen and oxygen atoms in total. The zero-order valence-corrected chi connectivity index (χ0v) is 13.9. The van der Waals surface area contributed by atoms with E-state index in [4.69, 9.17) is 16.3 Å². The Morgan fingerprint density at radius 3 is 2.79 bits per heavy atom. The first-order valence-electron chi connectivity index (χ1n) is 7.56. The molecule has 0 spiro atoms. The summed E-state index contributed by atoms with van der Waals surface area (Å²) in [5.41, 5.74) is 1.80. The number of benzene rings is 1. The van der Waals surface area contributed by atoms with Crippen LogP contribution in [0.4, 0.5) is 22.9 Å². The van der Waals surface area contributed by atoms with Gasteiger partial charge in [0.25, 0.3) is 5.69 Å². The summed E-state index contributed by atoms with van der Waals surface area (Å²) in [6.07, 6.45) is 1.18. The molecule has 0 radical (unpaired) electrons. The first kappa shape index (κ1) is 16.5. The maximum Gasteiger partial charge on any atom is 0.289 e. The molecule has 0 amide bonds. The van der Waals surface area contributed by atoms with E-state index in [2.05, 4.69) is 22.1 Å². The highest BCUT2D eigenvalue weighted by Crippen LogP contribution is 2.28. The number of hydrogen-bond acceptors (Lipinski definition) is 6. The second-order valence-corrected chi connectivity index (χ2v) is 5.98. The van der Waals surface area contributed by atoms with Crippen LogP contribution < -0.4 is 10.2 Å². The van der Waals surface area contributed by atoms with Crippen molar-refractivity contribution in [3.05, 3.63) is 51.7 Å². The highest BCUT2D eigenvalue weighted by molar-refractivity contribution is 6.33. The van der Waals surface area contributed by atoms with Crippen molar-refractivity contribution < 1.29 is 9.66 Å². The van der Waals surface area contributed by atoms with Gasteiger partial charge in [-0.25, -0.2) is 4.98 Å². The molecule has 24 heavy (non-hydrogen) atoms. The van der Waals surface area contributed by atoms with E-state index in [1.165, 1.54) is 12.3 Å². The molecule has 1 unspecified atom stereocenters. The quantitative estimate of drug-likeness (QED) is 0.671. The Balaban J connectivity index is 1.73. The Hall–Kier alpha value is -2.38. The van der Waals surface area contributed by atoms with Crippen molar-refractivity contribution in [1.29, 1.82) is 0 Å². The van der Waals surface area contributed by atoms with Gasteiger partial charge in [-0.3, -0.25) is 10.1 Å². The molecule has 1 fully saturated rings. The van der Waals surface area contributed by atoms with Crippen molar-refractivity contribution in [2.45, 2.75) is 13.0 Å². The molecule has 0 bridgehead atoms. The lowest BCUT2D eigenvalue weighted by atomic mass is 10.2. The SMILES string of the molecule is CC1COCCN1c1ccc(Nc2ncc([N+](=O)[O-])cc2Cl)cc1. The van der Waals surface area contributed by atoms with E-state index >= 15 is 0 Å². The molecule has 1 atom stereocenters. The van der Waals surface area contributed by atoms with Crippen LogP contribution in [0.15, 0.2) is 36.5 Å². The zero-order valence-electron chi connectivity index (χ0n) is 13.1. The summed E-state index contributed by atoms with van der Waals surface area (Å²) < 4.78 is 5.45. The van der Waals surface area contributed by atoms with Crippen molar-refractivity contribution >= 4 is 34.5 Å². The third-order valence-electron chi connectivity index (χ3n) is 3.87. The molecule has 1 aromatic carbocycles. The van der Waals surface area contributed by atoms with E-state index in [1.807, 2.05) is 24.3 Å². The lowest BCUT2D eigenvalue weighted by molar-refractivity contribution is -0.385. The maximum absolute atomic E-state index is 10.7. The number of aromatic nitrogens is 1. The van der Waals surface area contributed by atoms with Gasteiger partial charge in [-0.15, -0.1) is 0 Å². The Labute approximate surface area is 144 Å². The van der Waals surface area contributed by atoms with Gasteiger partial charge in [0.15, 0.2) is 0 Å². The van der Waals surface area contributed by atoms with Gasteiger partial charge in [0.05, 0.1) is 23.2 Å². The van der Waals surface area contributed by atoms with Gasteiger partial charge in [-0.1, -0.05) is 11.6 Å². The largest absolute Gasteiger partial charge is 0.377 e. The molecule has 0 aliphatic carbocycles. The fourth-order valence-electron chi connectivity index (χ4n) is 2.60. The van der Waals surface area contributed by atoms with Crippen molar-refractivity contribution in [1.82, 2.24) is 4.98 Å². The Morgan fingerprint density at radius 1 is 1.42 bits per heavy atom. The number of nitrogens with one attached hydrogen (secondary N) is 1. The number of ether oxygens (including phenoxy) is 1. The normalized spacial score (nSPS) is 17.6. The summed E-state index contributed by atoms with van der Waals surface area (Å²) in [4.78, 5) is 16.5. The molecule has 2 heterocycles. The predicted molar refractivity (Wildman–Crippen MR) is 93.3 cm³/mol. The van der Waals surface area contributed by atoms with Gasteiger partial charge in [-0.05, 0) is 31.2 Å². The van der Waals surface area contributed by atoms with Crippen LogP contribution in [-0.4, -0.2) is 35.7 Å². The van der Waals surface area contributed by atoms with Gasteiger partial charge in [0, 0.05) is 30.0 Å². The molecular formula is C16H17ClN4O3. The summed E-state index contributed by atoms with van der Waals surface area (Å²) in [5, 5.41) is 14.0. The van der Waals surface area contributed by atoms with Crippen molar-refractivity contribution in [3.8, 4) is 0 Å². The smallest absolute Gasteiger partial charge is 0.289 e. The second kappa shape index (κ2) is 7.02. The first-order valence-corrected chi connectivity index (χ1v) is 7.94. The van der Waals surface area contributed by atoms with E-state index in [0.29, 0.717) is 11.9 Å². The number of nitrogens with zero attached hydrogens (tertiary/aromatic N) is 3. The number of hydrogen-bond donors (Lipinski definition) is 1. The summed E-state index contributed by atoms with van der Waals surface area (Å²) in [6.45, 7) is 4.45. The van der Waals surface area contributed by atoms with Gasteiger partial charge >= 0.3 is 0 Å². The lowest BCUT2D eigenvalue weighted by Crippen LogP contribution is -2.43. The van der Waals surface area contributed by atoms with Gasteiger partial charge < -0.3 is 15.0 Å². The Kier molecular flexibility index (Phi) is 4.82. The minimum absolute atomic E-state index is 0.137. The summed E-state index contributed by atoms with van der Waals surface area (Å²) >= 11 is 6.04. The number of halogens is 1. The monoisotopic (exact) mass is 348 g/mol. The summed E-state index contributed by atoms with van der Waals surface area (Å²) in [7, 11) is 0. The topological polar surface area (TPSA) is 80.5 Å². The predicted octanol–water partition coefficient (Wildman–Crippen LogP) is 3.61. The molecule has 126 valence electrons. The molecular weight excluding hydrogens is 332 g/mol. The zero-order chi connectivity index (χ0) is 17.1. The van der Waals surface area contributed by atoms with E-state index in [1.54, 1.807) is 0 Å². The second-order valence-electron chi connectivity index (χ2n) is 5.57. The molecule has 2 aromatic rings. The molecule has 8 heteroatoms. The summed E-state index contributed by atoms with van der Waals surface area (Å²) in [5.74, 6) is 0.384. The maximum atomic E-state index is 10.7. The van der Waals surface area contributed by atoms with E-state index in [0.717, 1.165) is 31.1 Å². The number of rotatable bonds is 4. The molecule has 1 aromatic heterocycles. The first-order chi connectivity index (χ1) is 11.5. The van der Waals surface area contributed by atoms with Crippen LogP contribution in [0.25, 0.3) is 0 Å². The highest BCUT2D eigenvalue weighted by Gasteiger charge is 2.19. The van der Waals surface area contributed by atoms with Gasteiger partial charge in [-0.2, -0.15) is 0 Å². The van der Waals surface area contributed by atoms with Crippen LogP contribution >= 0.6 is 11.6 Å². The van der Waals surface area contributed by atoms with E-state index in [-0.39, 0.29) is 10.7 Å². The molecule has 3 rings (SSSR count). The molecule has 1 N–H and O–H groups in total. The molecule has 1 aliphatic rings. The fraction of sp³-hybridized carbons (Fsp3) is 0.312. The third-order valence-corrected chi connectivity index (χ3v) is 4.16. The molecule has 1 aliphatic heterocycles. The Morgan fingerprint density at radius 2 is 2.17 bits per heavy atom. The van der Waals surface area contributed by atoms with E-state index < -0.39 is 4.92 Å². The standard InChI is InChI=1S/C16H17ClN4O3/c1-11-10-24-7-6-20(11)13-4-2-12(3-5-13)19-16-15(17)8-14(9-18-16)21(22)23/h2-5,8-9,11H,6-7,10H2,1H3,(H,18,19). The van der Waals surface area contributed by atoms with Crippen molar-refractivity contribution in [3.63, 3.8) is 0 Å². The van der Waals surface area contributed by atoms with Gasteiger partial charge in [0.2, 0.25) is 0 Å². The molecule has 1 saturated heterocycles. The number of pyridine rings is 1. The lowest BCUT2D eigenvalue weighted by Gasteiger charge is -2.35. The van der Waals surface area contributed by atoms with Gasteiger partial charge in [0.1, 0.15) is 12.0 Å². The number of anilines is 3. The minimum atomic E-state index is -0.527.